The van der Waals surface area contributed by atoms with E-state index in [9.17, 15) is 0 Å². The molecule has 0 aliphatic rings. The zero-order chi connectivity index (χ0) is 17.5. The molecule has 0 fully saturated rings. The monoisotopic (exact) mass is 337 g/mol. The van der Waals surface area contributed by atoms with E-state index in [0.29, 0.717) is 5.92 Å². The molecular formula is C23H19N3. The molecule has 1 N–H and O–H groups in total. The number of fused-ring (bicyclic) bond motifs is 2. The van der Waals surface area contributed by atoms with Gasteiger partial charge in [-0.1, -0.05) is 43.3 Å². The maximum Gasteiger partial charge on any atom is 0.100 e. The zero-order valence-electron chi connectivity index (χ0n) is 14.6. The number of rotatable bonds is 3. The summed E-state index contributed by atoms with van der Waals surface area (Å²) in [6.45, 7) is 2.24. The fraction of sp³-hybridized carbons (Fsp3) is 0.0870. The molecule has 2 heterocycles. The Kier molecular flexibility index (Phi) is 3.39. The van der Waals surface area contributed by atoms with Crippen molar-refractivity contribution in [1.82, 2.24) is 14.5 Å². The molecule has 5 rings (SSSR count). The molecule has 1 atom stereocenters. The van der Waals surface area contributed by atoms with Crippen LogP contribution in [-0.4, -0.2) is 14.5 Å². The van der Waals surface area contributed by atoms with Crippen molar-refractivity contribution < 1.29 is 0 Å². The highest BCUT2D eigenvalue weighted by molar-refractivity contribution is 5.84. The van der Waals surface area contributed by atoms with Gasteiger partial charge in [-0.15, -0.1) is 0 Å². The van der Waals surface area contributed by atoms with Crippen LogP contribution in [0.5, 0.6) is 0 Å². The highest BCUT2D eigenvalue weighted by atomic mass is 15.0. The molecule has 0 aliphatic carbocycles. The molecule has 26 heavy (non-hydrogen) atoms. The highest BCUT2D eigenvalue weighted by Crippen LogP contribution is 2.28. The number of H-pyrrole nitrogens is 1. The molecule has 2 aromatic heterocycles. The molecule has 126 valence electrons. The Labute approximate surface area is 151 Å². The average molecular weight is 337 g/mol. The second kappa shape index (κ2) is 5.88. The van der Waals surface area contributed by atoms with Gasteiger partial charge in [-0.05, 0) is 47.5 Å². The average Bonchev–Trinajstić information content (AvgIpc) is 3.33. The summed E-state index contributed by atoms with van der Waals surface area (Å²) in [6.07, 6.45) is 3.88. The Morgan fingerprint density at radius 3 is 2.65 bits per heavy atom. The Morgan fingerprint density at radius 2 is 1.77 bits per heavy atom. The minimum atomic E-state index is 0.349. The third kappa shape index (κ3) is 2.40. The Hall–Kier alpha value is -3.33. The van der Waals surface area contributed by atoms with Gasteiger partial charge in [0.2, 0.25) is 0 Å². The number of aromatic nitrogens is 3. The molecule has 0 spiro atoms. The van der Waals surface area contributed by atoms with Gasteiger partial charge in [0.25, 0.3) is 0 Å². The smallest absolute Gasteiger partial charge is 0.100 e. The highest BCUT2D eigenvalue weighted by Gasteiger charge is 2.11. The third-order valence-electron chi connectivity index (χ3n) is 5.19. The summed E-state index contributed by atoms with van der Waals surface area (Å²) >= 11 is 0. The van der Waals surface area contributed by atoms with Crippen LogP contribution < -0.4 is 0 Å². The minimum Gasteiger partial charge on any atom is -0.361 e. The van der Waals surface area contributed by atoms with Gasteiger partial charge in [-0.3, -0.25) is 4.57 Å². The van der Waals surface area contributed by atoms with Gasteiger partial charge >= 0.3 is 0 Å². The first-order valence-corrected chi connectivity index (χ1v) is 8.89. The first-order chi connectivity index (χ1) is 12.8. The molecule has 0 radical (unpaired) electrons. The number of hydrogen-bond acceptors (Lipinski definition) is 1. The molecule has 0 bridgehead atoms. The first-order valence-electron chi connectivity index (χ1n) is 8.89. The van der Waals surface area contributed by atoms with E-state index in [0.717, 1.165) is 22.2 Å². The van der Waals surface area contributed by atoms with Gasteiger partial charge in [0.05, 0.1) is 11.0 Å². The molecule has 0 saturated carbocycles. The maximum absolute atomic E-state index is 4.65. The van der Waals surface area contributed by atoms with Crippen LogP contribution in [0.3, 0.4) is 0 Å². The quantitative estimate of drug-likeness (QED) is 0.453. The molecule has 1 unspecified atom stereocenters. The first kappa shape index (κ1) is 15.0. The lowest BCUT2D eigenvalue weighted by Crippen LogP contribution is -1.96. The number of imidazole rings is 1. The van der Waals surface area contributed by atoms with Crippen LogP contribution in [0.15, 0.2) is 85.3 Å². The molecule has 5 aromatic rings. The largest absolute Gasteiger partial charge is 0.361 e. The predicted octanol–water partition coefficient (Wildman–Crippen LogP) is 5.66. The SMILES string of the molecule is CC(c1ccccc1)c1ccc2c(c1)ncn2-c1ccc2[nH]ccc2c1. The number of benzene rings is 3. The van der Waals surface area contributed by atoms with Crippen molar-refractivity contribution in [2.24, 2.45) is 0 Å². The summed E-state index contributed by atoms with van der Waals surface area (Å²) in [5, 5.41) is 1.21. The maximum atomic E-state index is 4.65. The van der Waals surface area contributed by atoms with E-state index in [1.165, 1.54) is 16.5 Å². The zero-order valence-corrected chi connectivity index (χ0v) is 14.6. The number of nitrogens with one attached hydrogen (secondary N) is 1. The lowest BCUT2D eigenvalue weighted by Gasteiger charge is -2.12. The second-order valence-corrected chi connectivity index (χ2v) is 6.74. The summed E-state index contributed by atoms with van der Waals surface area (Å²) < 4.78 is 2.15. The van der Waals surface area contributed by atoms with Crippen molar-refractivity contribution in [2.75, 3.05) is 0 Å². The standard InChI is InChI=1S/C23H19N3/c1-16(17-5-3-2-4-6-17)18-7-10-23-22(14-18)25-15-26(23)20-8-9-21-19(13-20)11-12-24-21/h2-16,24H,1H3. The minimum absolute atomic E-state index is 0.349. The fourth-order valence-corrected chi connectivity index (χ4v) is 3.63. The van der Waals surface area contributed by atoms with Crippen molar-refractivity contribution in [3.63, 3.8) is 0 Å². The molecule has 0 saturated heterocycles. The van der Waals surface area contributed by atoms with Gasteiger partial charge in [-0.2, -0.15) is 0 Å². The van der Waals surface area contributed by atoms with Crippen LogP contribution in [0.2, 0.25) is 0 Å². The van der Waals surface area contributed by atoms with E-state index in [1.54, 1.807) is 0 Å². The topological polar surface area (TPSA) is 33.6 Å². The van der Waals surface area contributed by atoms with Crippen molar-refractivity contribution in [3.8, 4) is 5.69 Å². The summed E-state index contributed by atoms with van der Waals surface area (Å²) in [7, 11) is 0. The van der Waals surface area contributed by atoms with E-state index in [1.807, 2.05) is 12.5 Å². The van der Waals surface area contributed by atoms with Crippen LogP contribution in [-0.2, 0) is 0 Å². The van der Waals surface area contributed by atoms with E-state index in [4.69, 9.17) is 0 Å². The summed E-state index contributed by atoms with van der Waals surface area (Å²) in [4.78, 5) is 7.89. The van der Waals surface area contributed by atoms with Crippen molar-refractivity contribution in [3.05, 3.63) is 96.4 Å². The van der Waals surface area contributed by atoms with E-state index in [2.05, 4.69) is 94.3 Å². The van der Waals surface area contributed by atoms with Crippen LogP contribution in [0, 0.1) is 0 Å². The van der Waals surface area contributed by atoms with E-state index in [-0.39, 0.29) is 0 Å². The Morgan fingerprint density at radius 1 is 0.885 bits per heavy atom. The summed E-state index contributed by atoms with van der Waals surface area (Å²) in [6, 6.07) is 25.7. The number of aromatic amines is 1. The second-order valence-electron chi connectivity index (χ2n) is 6.74. The van der Waals surface area contributed by atoms with Crippen LogP contribution in [0.25, 0.3) is 27.6 Å². The van der Waals surface area contributed by atoms with Crippen LogP contribution in [0.1, 0.15) is 24.0 Å². The normalized spacial score (nSPS) is 12.7. The summed E-state index contributed by atoms with van der Waals surface area (Å²) in [5.74, 6) is 0.349. The molecule has 3 heteroatoms. The fourth-order valence-electron chi connectivity index (χ4n) is 3.63. The number of hydrogen-bond donors (Lipinski definition) is 1. The van der Waals surface area contributed by atoms with Crippen molar-refractivity contribution in [1.29, 1.82) is 0 Å². The van der Waals surface area contributed by atoms with Gasteiger partial charge in [-0.25, -0.2) is 4.98 Å². The van der Waals surface area contributed by atoms with Gasteiger partial charge in [0, 0.05) is 28.7 Å². The molecule has 0 aliphatic heterocycles. The van der Waals surface area contributed by atoms with Gasteiger partial charge in [0.1, 0.15) is 6.33 Å². The van der Waals surface area contributed by atoms with E-state index >= 15 is 0 Å². The number of nitrogens with zero attached hydrogens (tertiary/aromatic N) is 2. The molecule has 3 aromatic carbocycles. The lowest BCUT2D eigenvalue weighted by molar-refractivity contribution is 0.924. The molecule has 3 nitrogen and oxygen atoms in total. The van der Waals surface area contributed by atoms with Gasteiger partial charge < -0.3 is 4.98 Å². The molecule has 0 amide bonds. The lowest BCUT2D eigenvalue weighted by atomic mass is 9.93. The van der Waals surface area contributed by atoms with Crippen LogP contribution in [0.4, 0.5) is 0 Å². The van der Waals surface area contributed by atoms with Crippen molar-refractivity contribution in [2.45, 2.75) is 12.8 Å². The van der Waals surface area contributed by atoms with Crippen molar-refractivity contribution >= 4 is 21.9 Å². The van der Waals surface area contributed by atoms with Gasteiger partial charge in [0.15, 0.2) is 0 Å². The predicted molar refractivity (Wildman–Crippen MR) is 107 cm³/mol. The Bertz CT molecular complexity index is 1200. The summed E-state index contributed by atoms with van der Waals surface area (Å²) in [5.41, 5.74) is 7.04. The molecular weight excluding hydrogens is 318 g/mol. The Balaban J connectivity index is 1.57. The third-order valence-corrected chi connectivity index (χ3v) is 5.19. The van der Waals surface area contributed by atoms with Crippen LogP contribution >= 0.6 is 0 Å². The van der Waals surface area contributed by atoms with E-state index < -0.39 is 0 Å².